The Labute approximate surface area is 220 Å². The minimum atomic E-state index is -1.48. The van der Waals surface area contributed by atoms with Crippen molar-refractivity contribution in [3.63, 3.8) is 0 Å². The van der Waals surface area contributed by atoms with Crippen LogP contribution in [0.3, 0.4) is 0 Å². The predicted octanol–water partition coefficient (Wildman–Crippen LogP) is 4.09. The minimum absolute atomic E-state index is 0.0707. The molecule has 38 heavy (non-hydrogen) atoms. The first kappa shape index (κ1) is 25.7. The van der Waals surface area contributed by atoms with E-state index < -0.39 is 24.1 Å². The number of likely N-dealkylation sites (tertiary alicyclic amines) is 1. The fourth-order valence-corrected chi connectivity index (χ4v) is 6.00. The van der Waals surface area contributed by atoms with E-state index in [4.69, 9.17) is 4.74 Å². The molecule has 2 heterocycles. The van der Waals surface area contributed by atoms with E-state index in [1.54, 1.807) is 35.2 Å². The smallest absolute Gasteiger partial charge is 0.418 e. The van der Waals surface area contributed by atoms with Gasteiger partial charge >= 0.3 is 12.1 Å². The zero-order chi connectivity index (χ0) is 27.2. The summed E-state index contributed by atoms with van der Waals surface area (Å²) >= 11 is 0. The number of urea groups is 1. The van der Waals surface area contributed by atoms with Gasteiger partial charge in [0, 0.05) is 30.8 Å². The largest absolute Gasteiger partial charge is 0.427 e. The highest BCUT2D eigenvalue weighted by Gasteiger charge is 2.58. The number of carbonyl (C=O) groups excluding carboxylic acids is 4. The Balaban J connectivity index is 1.38. The SMILES string of the molecule is CNC(=O)Nc1ccc2c(c1)CCC21OC(=O)N(CC(=O)N2[C@H](c3ccc(F)cc3)CC[C@H]2C(C)C)C1=O. The highest BCUT2D eigenvalue weighted by molar-refractivity contribution is 6.06. The van der Waals surface area contributed by atoms with Gasteiger partial charge < -0.3 is 20.3 Å². The molecule has 3 aliphatic rings. The molecule has 10 heteroatoms. The Morgan fingerprint density at radius 3 is 2.55 bits per heavy atom. The number of rotatable bonds is 5. The maximum atomic E-state index is 13.7. The van der Waals surface area contributed by atoms with Crippen LogP contribution in [0, 0.1) is 11.7 Å². The molecule has 1 unspecified atom stereocenters. The molecule has 0 aromatic heterocycles. The van der Waals surface area contributed by atoms with Gasteiger partial charge in [0.25, 0.3) is 5.91 Å². The lowest BCUT2D eigenvalue weighted by atomic mass is 9.94. The third-order valence-electron chi connectivity index (χ3n) is 7.88. The Morgan fingerprint density at radius 1 is 1.13 bits per heavy atom. The van der Waals surface area contributed by atoms with Crippen molar-refractivity contribution in [2.24, 2.45) is 5.92 Å². The molecule has 2 aromatic carbocycles. The summed E-state index contributed by atoms with van der Waals surface area (Å²) in [6, 6.07) is 10.5. The van der Waals surface area contributed by atoms with E-state index in [1.807, 2.05) is 13.8 Å². The highest BCUT2D eigenvalue weighted by atomic mass is 19.1. The molecule has 3 atom stereocenters. The van der Waals surface area contributed by atoms with E-state index >= 15 is 0 Å². The number of hydrogen-bond acceptors (Lipinski definition) is 5. The highest BCUT2D eigenvalue weighted by Crippen LogP contribution is 2.46. The van der Waals surface area contributed by atoms with E-state index in [0.29, 0.717) is 24.1 Å². The van der Waals surface area contributed by atoms with Gasteiger partial charge in [0.15, 0.2) is 0 Å². The van der Waals surface area contributed by atoms with Crippen molar-refractivity contribution in [2.45, 2.75) is 57.2 Å². The number of halogens is 1. The number of imide groups is 1. The van der Waals surface area contributed by atoms with Gasteiger partial charge in [0.2, 0.25) is 11.5 Å². The molecular formula is C28H31FN4O5. The van der Waals surface area contributed by atoms with Crippen LogP contribution in [-0.2, 0) is 26.3 Å². The summed E-state index contributed by atoms with van der Waals surface area (Å²) < 4.78 is 19.2. The van der Waals surface area contributed by atoms with Crippen molar-refractivity contribution in [3.05, 3.63) is 65.0 Å². The van der Waals surface area contributed by atoms with Crippen LogP contribution in [0.15, 0.2) is 42.5 Å². The van der Waals surface area contributed by atoms with Crippen molar-refractivity contribution < 1.29 is 28.3 Å². The van der Waals surface area contributed by atoms with Gasteiger partial charge in [-0.25, -0.2) is 18.9 Å². The molecule has 2 fully saturated rings. The monoisotopic (exact) mass is 522 g/mol. The summed E-state index contributed by atoms with van der Waals surface area (Å²) in [5, 5.41) is 5.18. The van der Waals surface area contributed by atoms with Crippen LogP contribution in [0.1, 0.15) is 55.8 Å². The molecule has 9 nitrogen and oxygen atoms in total. The number of nitrogens with one attached hydrogen (secondary N) is 2. The molecule has 1 spiro atoms. The summed E-state index contributed by atoms with van der Waals surface area (Å²) in [6.07, 6.45) is 1.38. The van der Waals surface area contributed by atoms with E-state index in [-0.39, 0.29) is 42.2 Å². The number of hydrogen-bond donors (Lipinski definition) is 2. The van der Waals surface area contributed by atoms with E-state index in [2.05, 4.69) is 10.6 Å². The molecule has 0 bridgehead atoms. The second-order valence-electron chi connectivity index (χ2n) is 10.4. The lowest BCUT2D eigenvalue weighted by Gasteiger charge is -2.33. The molecule has 0 saturated carbocycles. The minimum Gasteiger partial charge on any atom is -0.427 e. The van der Waals surface area contributed by atoms with Gasteiger partial charge in [-0.15, -0.1) is 0 Å². The van der Waals surface area contributed by atoms with Gasteiger partial charge in [-0.3, -0.25) is 9.59 Å². The number of amides is 5. The quantitative estimate of drug-likeness (QED) is 0.615. The van der Waals surface area contributed by atoms with Crippen molar-refractivity contribution in [1.82, 2.24) is 15.1 Å². The fourth-order valence-electron chi connectivity index (χ4n) is 6.00. The number of carbonyl (C=O) groups is 4. The Kier molecular flexibility index (Phi) is 6.58. The first-order valence-corrected chi connectivity index (χ1v) is 12.9. The third-order valence-corrected chi connectivity index (χ3v) is 7.88. The van der Waals surface area contributed by atoms with E-state index in [9.17, 15) is 23.6 Å². The molecule has 2 aliphatic heterocycles. The van der Waals surface area contributed by atoms with Crippen molar-refractivity contribution in [3.8, 4) is 0 Å². The summed E-state index contributed by atoms with van der Waals surface area (Å²) in [6.45, 7) is 3.64. The Hall–Kier alpha value is -3.95. The number of aryl methyl sites for hydroxylation is 1. The number of anilines is 1. The number of ether oxygens (including phenoxy) is 1. The standard InChI is InChI=1S/C28H31FN4O5/c1-16(2)22-10-11-23(17-4-6-19(29)7-5-17)33(22)24(34)15-32-25(35)28(38-27(32)37)13-12-18-14-20(8-9-21(18)28)31-26(36)30-3/h4-9,14,16,22-23H,10-13,15H2,1-3H3,(H2,30,31,36)/t22-,23-,28?/m0/s1. The zero-order valence-electron chi connectivity index (χ0n) is 21.6. The molecule has 2 saturated heterocycles. The molecule has 1 aliphatic carbocycles. The number of nitrogens with zero attached hydrogens (tertiary/aromatic N) is 2. The molecule has 2 N–H and O–H groups in total. The van der Waals surface area contributed by atoms with Gasteiger partial charge in [-0.2, -0.15) is 0 Å². The zero-order valence-corrected chi connectivity index (χ0v) is 21.6. The van der Waals surface area contributed by atoms with E-state index in [1.165, 1.54) is 19.2 Å². The van der Waals surface area contributed by atoms with Crippen LogP contribution in [0.4, 0.5) is 19.7 Å². The second kappa shape index (κ2) is 9.74. The van der Waals surface area contributed by atoms with Gasteiger partial charge in [0.1, 0.15) is 12.4 Å². The van der Waals surface area contributed by atoms with Crippen LogP contribution in [-0.4, -0.2) is 53.4 Å². The molecule has 5 rings (SSSR count). The predicted molar refractivity (Wildman–Crippen MR) is 137 cm³/mol. The summed E-state index contributed by atoms with van der Waals surface area (Å²) in [5.74, 6) is -1.09. The van der Waals surface area contributed by atoms with Gasteiger partial charge in [-0.1, -0.05) is 32.0 Å². The van der Waals surface area contributed by atoms with Gasteiger partial charge in [-0.05, 0) is 60.6 Å². The summed E-state index contributed by atoms with van der Waals surface area (Å²) in [4.78, 5) is 54.6. The molecular weight excluding hydrogens is 491 g/mol. The molecule has 5 amide bonds. The Morgan fingerprint density at radius 2 is 1.87 bits per heavy atom. The van der Waals surface area contributed by atoms with Crippen molar-refractivity contribution in [1.29, 1.82) is 0 Å². The third kappa shape index (κ3) is 4.27. The van der Waals surface area contributed by atoms with Gasteiger partial charge in [0.05, 0.1) is 6.04 Å². The fraction of sp³-hybridized carbons (Fsp3) is 0.429. The number of benzene rings is 2. The van der Waals surface area contributed by atoms with Crippen LogP contribution >= 0.6 is 0 Å². The second-order valence-corrected chi connectivity index (χ2v) is 10.4. The Bertz CT molecular complexity index is 1300. The maximum Gasteiger partial charge on any atom is 0.418 e. The van der Waals surface area contributed by atoms with Crippen LogP contribution in [0.5, 0.6) is 0 Å². The van der Waals surface area contributed by atoms with E-state index in [0.717, 1.165) is 22.4 Å². The van der Waals surface area contributed by atoms with Crippen LogP contribution < -0.4 is 10.6 Å². The molecule has 0 radical (unpaired) electrons. The molecule has 2 aromatic rings. The lowest BCUT2D eigenvalue weighted by molar-refractivity contribution is -0.143. The van der Waals surface area contributed by atoms with Crippen molar-refractivity contribution >= 4 is 29.6 Å². The summed E-state index contributed by atoms with van der Waals surface area (Å²) in [7, 11) is 1.51. The average Bonchev–Trinajstić information content (AvgIpc) is 3.56. The van der Waals surface area contributed by atoms with Crippen LogP contribution in [0.2, 0.25) is 0 Å². The first-order valence-electron chi connectivity index (χ1n) is 12.9. The normalized spacial score (nSPS) is 24.2. The topological polar surface area (TPSA) is 108 Å². The average molecular weight is 523 g/mol. The summed E-state index contributed by atoms with van der Waals surface area (Å²) in [5.41, 5.74) is 1.27. The van der Waals surface area contributed by atoms with Crippen LogP contribution in [0.25, 0.3) is 0 Å². The molecule has 200 valence electrons. The maximum absolute atomic E-state index is 13.7. The first-order chi connectivity index (χ1) is 18.1. The lowest BCUT2D eigenvalue weighted by Crippen LogP contribution is -2.47. The number of fused-ring (bicyclic) bond motifs is 2. The van der Waals surface area contributed by atoms with Crippen molar-refractivity contribution in [2.75, 3.05) is 18.9 Å².